The highest BCUT2D eigenvalue weighted by atomic mass is 35.5. The maximum atomic E-state index is 6.62. The van der Waals surface area contributed by atoms with Crippen LogP contribution in [0.3, 0.4) is 0 Å². The van der Waals surface area contributed by atoms with Gasteiger partial charge in [-0.25, -0.2) is 0 Å². The Bertz CT molecular complexity index is 743. The average Bonchev–Trinajstić information content (AvgIpc) is 3.10. The van der Waals surface area contributed by atoms with Gasteiger partial charge in [0.05, 0.1) is 11.6 Å². The van der Waals surface area contributed by atoms with Crippen LogP contribution in [0.5, 0.6) is 0 Å². The molecule has 1 aliphatic heterocycles. The lowest BCUT2D eigenvalue weighted by molar-refractivity contribution is 0.193. The molecule has 2 nitrogen and oxygen atoms in total. The third-order valence-corrected chi connectivity index (χ3v) is 6.82. The Hall–Kier alpha value is -1.33. The number of rotatable bonds is 6. The molecular weight excluding hydrogens is 364 g/mol. The van der Waals surface area contributed by atoms with Crippen molar-refractivity contribution in [3.8, 4) is 0 Å². The Balaban J connectivity index is 2.00. The Labute approximate surface area is 177 Å². The molecule has 0 aromatic carbocycles. The Morgan fingerprint density at radius 2 is 1.79 bits per heavy atom. The number of halogens is 1. The molecule has 1 saturated heterocycles. The molecule has 0 N–H and O–H groups in total. The van der Waals surface area contributed by atoms with Gasteiger partial charge in [0.15, 0.2) is 0 Å². The predicted octanol–water partition coefficient (Wildman–Crippen LogP) is 6.33. The van der Waals surface area contributed by atoms with E-state index in [-0.39, 0.29) is 6.17 Å². The largest absolute Gasteiger partial charge is 0.348 e. The molecule has 0 amide bonds. The monoisotopic (exact) mass is 400 g/mol. The van der Waals surface area contributed by atoms with Crippen LogP contribution in [0.4, 0.5) is 0 Å². The van der Waals surface area contributed by atoms with Crippen molar-refractivity contribution in [2.24, 2.45) is 23.7 Å². The van der Waals surface area contributed by atoms with Crippen molar-refractivity contribution < 1.29 is 0 Å². The molecule has 3 aliphatic rings. The molecular formula is C25H37ClN2. The second kappa shape index (κ2) is 9.00. The van der Waals surface area contributed by atoms with Crippen molar-refractivity contribution in [3.05, 3.63) is 46.2 Å². The second-order valence-corrected chi connectivity index (χ2v) is 9.66. The zero-order valence-corrected chi connectivity index (χ0v) is 19.3. The molecule has 0 spiro atoms. The molecule has 0 aromatic rings. The van der Waals surface area contributed by atoms with E-state index in [0.29, 0.717) is 29.6 Å². The number of hydrogen-bond donors (Lipinski definition) is 0. The summed E-state index contributed by atoms with van der Waals surface area (Å²) in [5.74, 6) is 2.82. The first-order valence-corrected chi connectivity index (χ1v) is 11.6. The molecule has 0 bridgehead atoms. The molecule has 2 atom stereocenters. The maximum absolute atomic E-state index is 6.62. The summed E-state index contributed by atoms with van der Waals surface area (Å²) in [5.41, 5.74) is 12.6. The molecule has 28 heavy (non-hydrogen) atoms. The van der Waals surface area contributed by atoms with E-state index in [4.69, 9.17) is 11.6 Å². The number of allylic oxidation sites excluding steroid dienone is 5. The topological polar surface area (TPSA) is 6.48 Å². The Kier molecular flexibility index (Phi) is 6.87. The third-order valence-electron chi connectivity index (χ3n) is 6.54. The summed E-state index contributed by atoms with van der Waals surface area (Å²) in [4.78, 5) is 5.13. The van der Waals surface area contributed by atoms with Crippen LogP contribution < -0.4 is 0 Å². The van der Waals surface area contributed by atoms with Gasteiger partial charge in [-0.3, -0.25) is 0 Å². The van der Waals surface area contributed by atoms with Gasteiger partial charge in [-0.05, 0) is 60.0 Å². The van der Waals surface area contributed by atoms with Crippen LogP contribution >= 0.6 is 11.6 Å². The molecule has 2 aliphatic carbocycles. The van der Waals surface area contributed by atoms with Gasteiger partial charge < -0.3 is 9.80 Å². The van der Waals surface area contributed by atoms with Gasteiger partial charge in [0.2, 0.25) is 0 Å². The highest BCUT2D eigenvalue weighted by Crippen LogP contribution is 2.41. The highest BCUT2D eigenvalue weighted by Gasteiger charge is 2.39. The predicted molar refractivity (Wildman–Crippen MR) is 120 cm³/mol. The van der Waals surface area contributed by atoms with Crippen molar-refractivity contribution in [2.45, 2.75) is 67.0 Å². The summed E-state index contributed by atoms with van der Waals surface area (Å²) in [6.07, 6.45) is 8.21. The van der Waals surface area contributed by atoms with Gasteiger partial charge in [0, 0.05) is 24.7 Å². The van der Waals surface area contributed by atoms with Crippen molar-refractivity contribution in [1.29, 1.82) is 0 Å². The Morgan fingerprint density at radius 3 is 2.39 bits per heavy atom. The van der Waals surface area contributed by atoms with Gasteiger partial charge in [-0.1, -0.05) is 53.3 Å². The zero-order valence-electron chi connectivity index (χ0n) is 18.6. The van der Waals surface area contributed by atoms with Gasteiger partial charge in [0.25, 0.3) is 0 Å². The van der Waals surface area contributed by atoms with Crippen LogP contribution in [0.25, 0.3) is 0 Å². The zero-order chi connectivity index (χ0) is 20.4. The summed E-state index contributed by atoms with van der Waals surface area (Å²) in [6, 6.07) is 0. The molecule has 3 rings (SSSR count). The molecule has 0 aromatic heterocycles. The van der Waals surface area contributed by atoms with Crippen LogP contribution in [0.1, 0.15) is 60.8 Å². The van der Waals surface area contributed by atoms with E-state index < -0.39 is 0 Å². The summed E-state index contributed by atoms with van der Waals surface area (Å²) in [7, 11) is 0. The standard InChI is InChI=1S/C25H37ClN2/c1-17(2)20-10-7-8-13-23(20)27-14-15-28(24(27)16-26)25-21(18(3)4)11-9-12-22(25)19(5)6/h7,11,17-20,24H,9-10,12,14-16H2,1-6H3/t20-,24?/m1/s1. The summed E-state index contributed by atoms with van der Waals surface area (Å²) >= 11 is 6.62. The van der Waals surface area contributed by atoms with E-state index >= 15 is 0 Å². The minimum Gasteiger partial charge on any atom is -0.348 e. The minimum absolute atomic E-state index is 0.203. The molecule has 154 valence electrons. The van der Waals surface area contributed by atoms with E-state index in [0.717, 1.165) is 19.5 Å². The number of hydrogen-bond acceptors (Lipinski definition) is 2. The van der Waals surface area contributed by atoms with Crippen LogP contribution in [-0.4, -0.2) is 34.9 Å². The molecule has 0 saturated carbocycles. The maximum Gasteiger partial charge on any atom is 0.116 e. The number of nitrogens with zero attached hydrogens (tertiary/aromatic N) is 2. The molecule has 0 radical (unpaired) electrons. The first-order valence-electron chi connectivity index (χ1n) is 11.1. The van der Waals surface area contributed by atoms with Crippen molar-refractivity contribution >= 4 is 11.6 Å². The minimum atomic E-state index is 0.203. The number of alkyl halides is 1. The molecule has 1 unspecified atom stereocenters. The summed E-state index contributed by atoms with van der Waals surface area (Å²) in [5, 5.41) is 0. The lowest BCUT2D eigenvalue weighted by atomic mass is 9.84. The van der Waals surface area contributed by atoms with Crippen molar-refractivity contribution in [3.63, 3.8) is 0 Å². The fraction of sp³-hybridized carbons (Fsp3) is 0.680. The lowest BCUT2D eigenvalue weighted by Gasteiger charge is -2.40. The van der Waals surface area contributed by atoms with Gasteiger partial charge in [0.1, 0.15) is 6.17 Å². The third kappa shape index (κ3) is 4.02. The van der Waals surface area contributed by atoms with E-state index in [1.165, 1.54) is 29.8 Å². The van der Waals surface area contributed by atoms with Gasteiger partial charge in [-0.15, -0.1) is 11.6 Å². The van der Waals surface area contributed by atoms with Crippen LogP contribution in [0, 0.1) is 23.7 Å². The van der Waals surface area contributed by atoms with E-state index in [1.54, 1.807) is 5.57 Å². The quantitative estimate of drug-likeness (QED) is 0.380. The fourth-order valence-corrected chi connectivity index (χ4v) is 5.32. The Morgan fingerprint density at radius 1 is 1.07 bits per heavy atom. The first kappa shape index (κ1) is 21.4. The van der Waals surface area contributed by atoms with Crippen molar-refractivity contribution in [1.82, 2.24) is 9.80 Å². The van der Waals surface area contributed by atoms with E-state index in [2.05, 4.69) is 75.0 Å². The summed E-state index contributed by atoms with van der Waals surface area (Å²) < 4.78 is 0. The van der Waals surface area contributed by atoms with Crippen LogP contribution in [0.15, 0.2) is 46.2 Å². The second-order valence-electron chi connectivity index (χ2n) is 9.35. The smallest absolute Gasteiger partial charge is 0.116 e. The van der Waals surface area contributed by atoms with Crippen molar-refractivity contribution in [2.75, 3.05) is 19.0 Å². The van der Waals surface area contributed by atoms with Crippen LogP contribution in [0.2, 0.25) is 0 Å². The normalized spacial score (nSPS) is 25.5. The molecule has 1 fully saturated rings. The van der Waals surface area contributed by atoms with Gasteiger partial charge in [-0.2, -0.15) is 0 Å². The highest BCUT2D eigenvalue weighted by molar-refractivity contribution is 6.18. The molecule has 1 heterocycles. The fourth-order valence-electron chi connectivity index (χ4n) is 4.98. The average molecular weight is 401 g/mol. The SMILES string of the molecule is CC(C)C1=CCCC(C(C)C)=C1N1CCN(C2=C=C=CC[C@@H]2C(C)C)C1CCl. The van der Waals surface area contributed by atoms with Gasteiger partial charge >= 0.3 is 0 Å². The lowest BCUT2D eigenvalue weighted by Crippen LogP contribution is -2.42. The summed E-state index contributed by atoms with van der Waals surface area (Å²) in [6.45, 7) is 16.0. The van der Waals surface area contributed by atoms with Crippen LogP contribution in [-0.2, 0) is 0 Å². The van der Waals surface area contributed by atoms with E-state index in [1.807, 2.05) is 0 Å². The first-order chi connectivity index (χ1) is 13.4. The van der Waals surface area contributed by atoms with E-state index in [9.17, 15) is 0 Å². The molecule has 3 heteroatoms.